The predicted octanol–water partition coefficient (Wildman–Crippen LogP) is -2.74. The summed E-state index contributed by atoms with van der Waals surface area (Å²) in [7, 11) is 1.70. The first-order valence-electron chi connectivity index (χ1n) is 34.2. The number of benzene rings is 4. The third-order valence-corrected chi connectivity index (χ3v) is 19.9. The summed E-state index contributed by atoms with van der Waals surface area (Å²) < 4.78 is 0. The Hall–Kier alpha value is -8.57. The van der Waals surface area contributed by atoms with E-state index in [1.165, 1.54) is 91.9 Å². The number of nitrogens with one attached hydrogen (secondary N) is 9. The van der Waals surface area contributed by atoms with Crippen molar-refractivity contribution in [1.82, 2.24) is 62.1 Å². The number of amides is 11. The molecule has 2 aliphatic rings. The number of hydrogen-bond donors (Lipinski definition) is 18. The molecule has 1 radical (unpaired) electrons. The number of carboxylic acid groups (broad SMARTS) is 3. The quantitative estimate of drug-likeness (QED) is 0.0203. The Balaban J connectivity index is 0.0000209. The van der Waals surface area contributed by atoms with Crippen LogP contribution in [0, 0.1) is 38.6 Å². The molecule has 6 rings (SSSR count). The second-order valence-electron chi connectivity index (χ2n) is 25.7. The van der Waals surface area contributed by atoms with Crippen molar-refractivity contribution >= 4 is 116 Å². The molecular formula is C69H93ClN16O19S2Tb+4. The molecule has 0 spiro atoms. The Bertz CT molecular complexity index is 3680. The second kappa shape index (κ2) is 46.1. The van der Waals surface area contributed by atoms with Crippen molar-refractivity contribution in [2.45, 2.75) is 106 Å². The number of nitrogens with two attached hydrogens (primary N) is 3. The molecule has 9 atom stereocenters. The molecule has 2 heterocycles. The van der Waals surface area contributed by atoms with Gasteiger partial charge >= 0.3 is 62.6 Å². The van der Waals surface area contributed by atoms with E-state index in [-0.39, 0.29) is 153 Å². The van der Waals surface area contributed by atoms with E-state index in [0.717, 1.165) is 21.6 Å². The molecule has 0 saturated carbocycles. The van der Waals surface area contributed by atoms with Crippen LogP contribution < -0.4 is 65.1 Å². The van der Waals surface area contributed by atoms with Crippen LogP contribution in [-0.4, -0.2) is 278 Å². The van der Waals surface area contributed by atoms with E-state index in [4.69, 9.17) is 28.8 Å². The largest absolute Gasteiger partial charge is 4.00 e. The van der Waals surface area contributed by atoms with E-state index in [9.17, 15) is 78.6 Å². The number of nitrogens with zero attached hydrogens (tertiary/aromatic N) is 4. The van der Waals surface area contributed by atoms with Crippen LogP contribution in [0.25, 0.3) is 0 Å². The molecule has 11 amide bonds. The number of aliphatic hydroxyl groups is 1. The maximum atomic E-state index is 15.4. The zero-order valence-electron chi connectivity index (χ0n) is 59.0. The number of aliphatic carboxylic acids is 3. The van der Waals surface area contributed by atoms with Crippen molar-refractivity contribution in [1.29, 1.82) is 0 Å². The zero-order valence-corrected chi connectivity index (χ0v) is 63.6. The van der Waals surface area contributed by atoms with Crippen LogP contribution in [0.15, 0.2) is 97.1 Å². The minimum Gasteiger partial charge on any atom is -0.508 e. The SMILES string of the molecule is CC(O)C1NC(=O)C(CCCCN)NC(=O)C(Cc2ccc(NC(N)=O)cc2)NC(=O)C(Cc2ccc(O)cc2)NC(=O)C(NC(=O)C(Cc2ccc(Cl)cc2)NC(=O)CN2CCN(CC(=O)O)CCN(CC(=O)O)CCN(CC(=O)O)CC2)CSSCC(C(=O)NC(Cc2ccc(O)cc2)C(N)=O)NC1=O.[Tb+4]. The number of urea groups is 1. The summed E-state index contributed by atoms with van der Waals surface area (Å²) >= 11 is 6.29. The van der Waals surface area contributed by atoms with E-state index in [2.05, 4.69) is 47.9 Å². The van der Waals surface area contributed by atoms with Gasteiger partial charge in [0.1, 0.15) is 59.8 Å². The maximum Gasteiger partial charge on any atom is 4.00 e. The van der Waals surface area contributed by atoms with Crippen LogP contribution in [0.1, 0.15) is 48.4 Å². The monoisotopic (exact) mass is 1710 g/mol. The van der Waals surface area contributed by atoms with Crippen molar-refractivity contribution in [2.24, 2.45) is 17.2 Å². The van der Waals surface area contributed by atoms with E-state index in [0.29, 0.717) is 33.7 Å². The fraction of sp³-hybridized carbons (Fsp3) is 0.464. The number of carbonyl (C=O) groups is 13. The first-order valence-corrected chi connectivity index (χ1v) is 37.1. The van der Waals surface area contributed by atoms with Gasteiger partial charge in [0.25, 0.3) is 0 Å². The molecule has 2 aliphatic heterocycles. The first kappa shape index (κ1) is 90.0. The molecule has 0 aromatic heterocycles. The van der Waals surface area contributed by atoms with E-state index < -0.39 is 169 Å². The van der Waals surface area contributed by atoms with Gasteiger partial charge in [-0.05, 0) is 104 Å². The average molecular weight is 1710 g/mol. The summed E-state index contributed by atoms with van der Waals surface area (Å²) in [6.07, 6.45) is -2.40. The molecule has 35 nitrogen and oxygen atoms in total. The van der Waals surface area contributed by atoms with Crippen molar-refractivity contribution in [2.75, 3.05) is 102 Å². The van der Waals surface area contributed by atoms with Gasteiger partial charge in [0.05, 0.1) is 32.3 Å². The van der Waals surface area contributed by atoms with E-state index >= 15 is 14.4 Å². The topological polar surface area (TPSA) is 543 Å². The number of halogens is 1. The van der Waals surface area contributed by atoms with Crippen molar-refractivity contribution in [3.63, 3.8) is 0 Å². The average Bonchev–Trinajstić information content (AvgIpc) is 0.842. The number of aromatic hydroxyl groups is 2. The number of anilines is 1. The number of carbonyl (C=O) groups excluding carboxylic acids is 10. The Morgan fingerprint density at radius 1 is 0.537 bits per heavy atom. The number of phenols is 2. The third-order valence-electron chi connectivity index (χ3n) is 17.2. The normalized spacial score (nSPS) is 20.5. The molecule has 2 fully saturated rings. The molecule has 9 unspecified atom stereocenters. The molecule has 0 aliphatic carbocycles. The molecule has 108 heavy (non-hydrogen) atoms. The van der Waals surface area contributed by atoms with Gasteiger partial charge in [-0.1, -0.05) is 81.7 Å². The van der Waals surface area contributed by atoms with Crippen molar-refractivity contribution in [3.05, 3.63) is 124 Å². The number of carboxylic acids is 3. The number of unbranched alkanes of at least 4 members (excludes halogenated alkanes) is 1. The van der Waals surface area contributed by atoms with Gasteiger partial charge in [-0.25, -0.2) is 4.79 Å². The molecule has 4 aromatic rings. The van der Waals surface area contributed by atoms with Gasteiger partial charge < -0.3 is 95.7 Å². The van der Waals surface area contributed by atoms with Crippen LogP contribution in [0.3, 0.4) is 0 Å². The van der Waals surface area contributed by atoms with Crippen molar-refractivity contribution < 1.29 is 132 Å². The van der Waals surface area contributed by atoms with Crippen LogP contribution in [0.2, 0.25) is 5.02 Å². The van der Waals surface area contributed by atoms with Crippen LogP contribution in [0.5, 0.6) is 11.5 Å². The second-order valence-corrected chi connectivity index (χ2v) is 28.7. The Kier molecular flexibility index (Phi) is 38.4. The fourth-order valence-corrected chi connectivity index (χ4v) is 13.9. The summed E-state index contributed by atoms with van der Waals surface area (Å²) in [6.45, 7) is 0.0299. The number of phenolic OH excluding ortho intramolecular Hbond substituents is 2. The molecule has 2 saturated heterocycles. The Morgan fingerprint density at radius 3 is 1.43 bits per heavy atom. The van der Waals surface area contributed by atoms with Crippen LogP contribution >= 0.6 is 33.2 Å². The van der Waals surface area contributed by atoms with Crippen molar-refractivity contribution in [3.8, 4) is 11.5 Å². The third kappa shape index (κ3) is 32.3. The first-order chi connectivity index (χ1) is 50.9. The zero-order chi connectivity index (χ0) is 78.3. The van der Waals surface area contributed by atoms with Gasteiger partial charge in [-0.3, -0.25) is 77.1 Å². The molecule has 0 bridgehead atoms. The summed E-state index contributed by atoms with van der Waals surface area (Å²) in [4.78, 5) is 186. The van der Waals surface area contributed by atoms with E-state index in [1.807, 2.05) is 0 Å². The molecule has 587 valence electrons. The minimum absolute atomic E-state index is 0. The number of hydrogen-bond acceptors (Lipinski definition) is 23. The molecular weight excluding hydrogens is 1620 g/mol. The summed E-state index contributed by atoms with van der Waals surface area (Å²) in [5, 5.41) is 84.7. The van der Waals surface area contributed by atoms with Gasteiger partial charge in [-0.2, -0.15) is 0 Å². The Labute approximate surface area is 666 Å². The minimum atomic E-state index is -1.85. The smallest absolute Gasteiger partial charge is 0.508 e. The predicted molar refractivity (Wildman–Crippen MR) is 395 cm³/mol. The summed E-state index contributed by atoms with van der Waals surface area (Å²) in [5.74, 6) is -13.6. The Morgan fingerprint density at radius 2 is 0.963 bits per heavy atom. The summed E-state index contributed by atoms with van der Waals surface area (Å²) in [6, 6.07) is 9.44. The van der Waals surface area contributed by atoms with Crippen LogP contribution in [-0.2, 0) is 83.2 Å². The maximum absolute atomic E-state index is 15.4. The number of aliphatic hydroxyl groups excluding tert-OH is 1. The van der Waals surface area contributed by atoms with Gasteiger partial charge in [0.15, 0.2) is 0 Å². The van der Waals surface area contributed by atoms with Gasteiger partial charge in [0, 0.05) is 100 Å². The number of primary amides is 2. The standard InChI is InChI=1S/C69H93ClN16O19S2.Tb/c1-40(87)60-68(104)81-55(66(102)77-50(61(72)97)30-43-9-17-47(88)18-10-43)39-107-106-38-54(67(103)79-53(33-44-11-19-48(89)20-12-44)65(101)78-52(32-42-7-15-46(16-8-42)74-69(73)105)64(100)76-49(62(98)82-60)4-2-3-21-71)80-63(99)51(31-41-5-13-45(70)14-6-41)75-56(90)34-83-22-24-84(35-57(91)92)26-28-86(37-59(95)96)29-27-85(25-23-83)36-58(93)94;/h5-20,40,49-55,60,87-89H,2-4,21-39,71H2,1H3,(H2,72,97)(H,75,90)(H,76,100)(H,77,102)(H,78,101)(H,79,103)(H,80,99)(H,81,104)(H,82,98)(H,91,92)(H,93,94)(H,95,96)(H3,73,74,105);/q;+4. The van der Waals surface area contributed by atoms with Crippen LogP contribution in [0.4, 0.5) is 10.5 Å². The fourth-order valence-electron chi connectivity index (χ4n) is 11.4. The molecule has 39 heteroatoms. The number of rotatable bonds is 28. The summed E-state index contributed by atoms with van der Waals surface area (Å²) in [5.41, 5.74) is 18.9. The molecule has 4 aromatic carbocycles. The van der Waals surface area contributed by atoms with Gasteiger partial charge in [-0.15, -0.1) is 0 Å². The van der Waals surface area contributed by atoms with E-state index in [1.54, 1.807) is 31.7 Å². The van der Waals surface area contributed by atoms with Gasteiger partial charge in [0.2, 0.25) is 53.2 Å². The molecule has 21 N–H and O–H groups in total.